The van der Waals surface area contributed by atoms with Crippen molar-refractivity contribution in [2.24, 2.45) is 5.84 Å². The molecule has 6 nitrogen and oxygen atoms in total. The summed E-state index contributed by atoms with van der Waals surface area (Å²) in [6, 6.07) is 4.87. The lowest BCUT2D eigenvalue weighted by Crippen LogP contribution is -2.28. The van der Waals surface area contributed by atoms with E-state index in [2.05, 4.69) is 39.7 Å². The van der Waals surface area contributed by atoms with E-state index in [0.717, 1.165) is 0 Å². The number of allylic oxidation sites excluding steroid dienone is 6. The fraction of sp³-hybridized carbons (Fsp3) is 0.167. The van der Waals surface area contributed by atoms with Crippen LogP contribution in [0.5, 0.6) is 0 Å². The second-order valence-corrected chi connectivity index (χ2v) is 6.49. The topological polar surface area (TPSA) is 85.8 Å². The smallest absolute Gasteiger partial charge is 0.292 e. The van der Waals surface area contributed by atoms with Crippen molar-refractivity contribution in [3.63, 3.8) is 0 Å². The monoisotopic (exact) mass is 389 g/mol. The van der Waals surface area contributed by atoms with Gasteiger partial charge in [0.05, 0.1) is 15.7 Å². The molecule has 2 aliphatic rings. The Morgan fingerprint density at radius 1 is 1.15 bits per heavy atom. The first kappa shape index (κ1) is 18.4. The third-order valence-electron chi connectivity index (χ3n) is 3.92. The van der Waals surface area contributed by atoms with Crippen molar-refractivity contribution in [3.8, 4) is 5.69 Å². The molecule has 0 radical (unpaired) electrons. The first-order valence-corrected chi connectivity index (χ1v) is 8.77. The van der Waals surface area contributed by atoms with Crippen molar-refractivity contribution in [1.82, 2.24) is 14.5 Å². The highest BCUT2D eigenvalue weighted by Crippen LogP contribution is 2.27. The number of halogens is 2. The predicted octanol–water partition coefficient (Wildman–Crippen LogP) is 3.60. The normalized spacial score (nSPS) is 13.8. The average Bonchev–Trinajstić information content (AvgIpc) is 3.30. The van der Waals surface area contributed by atoms with Crippen LogP contribution in [0.25, 0.3) is 5.69 Å². The lowest BCUT2D eigenvalue weighted by molar-refractivity contribution is 0.770. The van der Waals surface area contributed by atoms with Crippen molar-refractivity contribution >= 4 is 29.2 Å². The molecule has 0 aliphatic heterocycles. The van der Waals surface area contributed by atoms with Gasteiger partial charge < -0.3 is 0 Å². The van der Waals surface area contributed by atoms with Gasteiger partial charge in [-0.15, -0.1) is 0 Å². The molecule has 8 heteroatoms. The van der Waals surface area contributed by atoms with E-state index in [9.17, 15) is 4.79 Å². The Hall–Kier alpha value is -2.41. The molecule has 1 heterocycles. The number of nitrogen functional groups attached to an aromatic ring is 1. The zero-order valence-electron chi connectivity index (χ0n) is 14.0. The number of hydrazine groups is 1. The van der Waals surface area contributed by atoms with Crippen molar-refractivity contribution in [1.29, 1.82) is 0 Å². The van der Waals surface area contributed by atoms with Gasteiger partial charge in [-0.3, -0.25) is 5.43 Å². The number of nitrogens with two attached hydrogens (primary N) is 1. The molecule has 0 spiro atoms. The first-order chi connectivity index (χ1) is 12.5. The van der Waals surface area contributed by atoms with Crippen LogP contribution in [0.1, 0.15) is 19.2 Å². The number of aryl methyl sites for hydroxylation is 1. The van der Waals surface area contributed by atoms with E-state index in [1.807, 2.05) is 6.92 Å². The molecule has 0 fully saturated rings. The lowest BCUT2D eigenvalue weighted by atomic mass is 10.3. The molecule has 134 valence electrons. The van der Waals surface area contributed by atoms with Crippen LogP contribution in [0.15, 0.2) is 58.4 Å². The molecule has 1 aromatic heterocycles. The number of hydrogen-bond acceptors (Lipinski definition) is 5. The Kier molecular flexibility index (Phi) is 5.56. The van der Waals surface area contributed by atoms with Gasteiger partial charge in [-0.2, -0.15) is 9.97 Å². The molecular weight excluding hydrogens is 373 g/mol. The van der Waals surface area contributed by atoms with Crippen LogP contribution >= 0.6 is 23.2 Å². The van der Waals surface area contributed by atoms with E-state index in [0.29, 0.717) is 28.0 Å². The molecule has 0 saturated carbocycles. The third-order valence-corrected chi connectivity index (χ3v) is 4.66. The highest BCUT2D eigenvalue weighted by Gasteiger charge is 2.11. The summed E-state index contributed by atoms with van der Waals surface area (Å²) in [6.45, 7) is 1.87. The number of nitrogens with zero attached hydrogens (tertiary/aromatic N) is 3. The van der Waals surface area contributed by atoms with Crippen molar-refractivity contribution in [3.05, 3.63) is 80.0 Å². The maximum absolute atomic E-state index is 12.0. The molecule has 0 amide bonds. The lowest BCUT2D eigenvalue weighted by Gasteiger charge is -2.11. The molecule has 2 bridgehead atoms. The summed E-state index contributed by atoms with van der Waals surface area (Å²) in [4.78, 5) is 19.9. The second kappa shape index (κ2) is 7.86. The minimum atomic E-state index is -0.488. The molecule has 26 heavy (non-hydrogen) atoms. The summed E-state index contributed by atoms with van der Waals surface area (Å²) in [6.07, 6.45) is 10.4. The third kappa shape index (κ3) is 3.88. The molecular formula is C18H17Cl2N5O. The average molecular weight is 390 g/mol. The molecule has 2 aromatic rings. The Balaban J connectivity index is 0.000000229. The summed E-state index contributed by atoms with van der Waals surface area (Å²) >= 11 is 11.8. The molecule has 3 N–H and O–H groups in total. The van der Waals surface area contributed by atoms with Gasteiger partial charge in [0, 0.05) is 6.42 Å². The van der Waals surface area contributed by atoms with Gasteiger partial charge in [0.15, 0.2) is 0 Å². The zero-order chi connectivity index (χ0) is 18.7. The fourth-order valence-electron chi connectivity index (χ4n) is 2.64. The van der Waals surface area contributed by atoms with Gasteiger partial charge in [0.2, 0.25) is 5.95 Å². The predicted molar refractivity (Wildman–Crippen MR) is 105 cm³/mol. The Morgan fingerprint density at radius 2 is 1.85 bits per heavy atom. The van der Waals surface area contributed by atoms with Crippen LogP contribution in [0.2, 0.25) is 10.0 Å². The Morgan fingerprint density at radius 3 is 2.31 bits per heavy atom. The van der Waals surface area contributed by atoms with E-state index in [1.54, 1.807) is 18.2 Å². The van der Waals surface area contributed by atoms with Crippen molar-refractivity contribution in [2.45, 2.75) is 19.8 Å². The standard InChI is InChI=1S/C11H11Cl2N5O.C7H6/c1-2-9-15-10(17-14)16-11(19)18(9)6-3-4-7(12)8(13)5-6;1-2-7-4-3-6(1)5-7/h3-5H,2,14H2,1H3,(H,16,17,19);1-4H,5H2. The fourth-order valence-corrected chi connectivity index (χ4v) is 2.94. The van der Waals surface area contributed by atoms with Crippen LogP contribution in [0, 0.1) is 0 Å². The van der Waals surface area contributed by atoms with Crippen LogP contribution in [-0.2, 0) is 6.42 Å². The summed E-state index contributed by atoms with van der Waals surface area (Å²) in [5.74, 6) is 5.81. The summed E-state index contributed by atoms with van der Waals surface area (Å²) in [7, 11) is 0. The van der Waals surface area contributed by atoms with Gasteiger partial charge in [-0.25, -0.2) is 15.2 Å². The summed E-state index contributed by atoms with van der Waals surface area (Å²) < 4.78 is 1.36. The SMILES string of the molecule is C1=CC2=CC=C1C2.CCc1nc(NN)nc(=O)n1-c1ccc(Cl)c(Cl)c1. The molecule has 2 aliphatic carbocycles. The number of rotatable bonds is 3. The maximum atomic E-state index is 12.0. The molecule has 0 unspecified atom stereocenters. The van der Waals surface area contributed by atoms with Gasteiger partial charge in [-0.1, -0.05) is 54.4 Å². The molecule has 0 saturated heterocycles. The highest BCUT2D eigenvalue weighted by atomic mass is 35.5. The van der Waals surface area contributed by atoms with Crippen LogP contribution in [0.3, 0.4) is 0 Å². The number of benzene rings is 1. The second-order valence-electron chi connectivity index (χ2n) is 5.67. The number of aromatic nitrogens is 3. The van der Waals surface area contributed by atoms with Crippen LogP contribution < -0.4 is 17.0 Å². The first-order valence-electron chi connectivity index (χ1n) is 8.01. The largest absolute Gasteiger partial charge is 0.356 e. The number of anilines is 1. The molecule has 4 rings (SSSR count). The van der Waals surface area contributed by atoms with Crippen molar-refractivity contribution < 1.29 is 0 Å². The Bertz CT molecular complexity index is 972. The van der Waals surface area contributed by atoms with Gasteiger partial charge in [-0.05, 0) is 35.8 Å². The number of fused-ring (bicyclic) bond motifs is 2. The van der Waals surface area contributed by atoms with Gasteiger partial charge >= 0.3 is 5.69 Å². The quantitative estimate of drug-likeness (QED) is 0.618. The summed E-state index contributed by atoms with van der Waals surface area (Å²) in [5, 5.41) is 0.770. The minimum Gasteiger partial charge on any atom is -0.292 e. The molecule has 1 aromatic carbocycles. The molecule has 0 atom stereocenters. The number of nitrogens with one attached hydrogen (secondary N) is 1. The Labute approximate surface area is 160 Å². The van der Waals surface area contributed by atoms with Crippen molar-refractivity contribution in [2.75, 3.05) is 5.43 Å². The zero-order valence-corrected chi connectivity index (χ0v) is 15.6. The van der Waals surface area contributed by atoms with E-state index < -0.39 is 5.69 Å². The summed E-state index contributed by atoms with van der Waals surface area (Å²) in [5.41, 5.74) is 5.26. The van der Waals surface area contributed by atoms with E-state index in [-0.39, 0.29) is 5.95 Å². The van der Waals surface area contributed by atoms with E-state index >= 15 is 0 Å². The van der Waals surface area contributed by atoms with Crippen LogP contribution in [-0.4, -0.2) is 14.5 Å². The highest BCUT2D eigenvalue weighted by molar-refractivity contribution is 6.42. The maximum Gasteiger partial charge on any atom is 0.356 e. The van der Waals surface area contributed by atoms with Crippen LogP contribution in [0.4, 0.5) is 5.95 Å². The van der Waals surface area contributed by atoms with E-state index in [1.165, 1.54) is 22.1 Å². The number of hydrogen-bond donors (Lipinski definition) is 2. The van der Waals surface area contributed by atoms with E-state index in [4.69, 9.17) is 29.0 Å². The van der Waals surface area contributed by atoms with Gasteiger partial charge in [0.1, 0.15) is 5.82 Å². The van der Waals surface area contributed by atoms with Gasteiger partial charge in [0.25, 0.3) is 0 Å². The minimum absolute atomic E-state index is 0.0816.